The first-order chi connectivity index (χ1) is 12.6. The number of piperidine rings is 1. The molecule has 7 nitrogen and oxygen atoms in total. The number of nitro benzene ring substituents is 1. The summed E-state index contributed by atoms with van der Waals surface area (Å²) in [4.78, 5) is 25.9. The number of nitro groups is 1. The van der Waals surface area contributed by atoms with Crippen LogP contribution in [0.2, 0.25) is 0 Å². The van der Waals surface area contributed by atoms with E-state index in [-0.39, 0.29) is 23.9 Å². The van der Waals surface area contributed by atoms with Gasteiger partial charge in [-0.15, -0.1) is 0 Å². The van der Waals surface area contributed by atoms with Crippen LogP contribution in [0.1, 0.15) is 24.8 Å². The first-order valence-electron chi connectivity index (χ1n) is 8.37. The van der Waals surface area contributed by atoms with Crippen LogP contribution in [0, 0.1) is 27.4 Å². The molecule has 0 radical (unpaired) electrons. The smallest absolute Gasteiger partial charge is 0.366 e. The fourth-order valence-electron chi connectivity index (χ4n) is 3.12. The second kappa shape index (κ2) is 8.24. The quantitative estimate of drug-likeness (QED) is 0.574. The number of benzene rings is 1. The van der Waals surface area contributed by atoms with Crippen molar-refractivity contribution in [1.82, 2.24) is 4.90 Å². The van der Waals surface area contributed by atoms with Crippen molar-refractivity contribution < 1.29 is 22.9 Å². The highest BCUT2D eigenvalue weighted by molar-refractivity contribution is 5.79. The SMILES string of the molecule is CN(CCC#N)C(=O)C1CCN(c2ccc(C(F)(F)F)cc2[N+](=O)[O-])CC1. The summed E-state index contributed by atoms with van der Waals surface area (Å²) in [5.74, 6) is -0.356. The lowest BCUT2D eigenvalue weighted by molar-refractivity contribution is -0.384. The zero-order valence-electron chi connectivity index (χ0n) is 14.7. The highest BCUT2D eigenvalue weighted by Crippen LogP contribution is 2.37. The highest BCUT2D eigenvalue weighted by atomic mass is 19.4. The zero-order chi connectivity index (χ0) is 20.2. The summed E-state index contributed by atoms with van der Waals surface area (Å²) < 4.78 is 38.4. The van der Waals surface area contributed by atoms with Crippen molar-refractivity contribution in [1.29, 1.82) is 5.26 Å². The molecule has 27 heavy (non-hydrogen) atoms. The van der Waals surface area contributed by atoms with Gasteiger partial charge < -0.3 is 9.80 Å². The number of amides is 1. The van der Waals surface area contributed by atoms with Gasteiger partial charge in [0.05, 0.1) is 23.0 Å². The van der Waals surface area contributed by atoms with E-state index in [0.29, 0.717) is 38.5 Å². The maximum absolute atomic E-state index is 12.8. The van der Waals surface area contributed by atoms with Crippen LogP contribution in [0.3, 0.4) is 0 Å². The second-order valence-corrected chi connectivity index (χ2v) is 6.39. The predicted octanol–water partition coefficient (Wildman–Crippen LogP) is 3.20. The number of carbonyl (C=O) groups is 1. The highest BCUT2D eigenvalue weighted by Gasteiger charge is 2.35. The molecule has 0 unspecified atom stereocenters. The van der Waals surface area contributed by atoms with Gasteiger partial charge in [-0.1, -0.05) is 0 Å². The number of carbonyl (C=O) groups excluding carboxylic acids is 1. The van der Waals surface area contributed by atoms with Crippen molar-refractivity contribution in [3.8, 4) is 6.07 Å². The predicted molar refractivity (Wildman–Crippen MR) is 90.9 cm³/mol. The number of halogens is 3. The van der Waals surface area contributed by atoms with Crippen molar-refractivity contribution in [2.24, 2.45) is 5.92 Å². The summed E-state index contributed by atoms with van der Waals surface area (Å²) in [6, 6.07) is 4.46. The fourth-order valence-corrected chi connectivity index (χ4v) is 3.12. The van der Waals surface area contributed by atoms with E-state index in [1.807, 2.05) is 6.07 Å². The van der Waals surface area contributed by atoms with E-state index in [0.717, 1.165) is 12.1 Å². The normalized spacial score (nSPS) is 15.3. The molecule has 1 aromatic carbocycles. The van der Waals surface area contributed by atoms with Crippen molar-refractivity contribution in [3.05, 3.63) is 33.9 Å². The lowest BCUT2D eigenvalue weighted by Gasteiger charge is -2.34. The van der Waals surface area contributed by atoms with E-state index < -0.39 is 22.4 Å². The van der Waals surface area contributed by atoms with Gasteiger partial charge in [-0.25, -0.2) is 0 Å². The van der Waals surface area contributed by atoms with E-state index in [9.17, 15) is 28.1 Å². The Morgan fingerprint density at radius 3 is 2.56 bits per heavy atom. The van der Waals surface area contributed by atoms with Gasteiger partial charge >= 0.3 is 6.18 Å². The molecule has 0 saturated carbocycles. The van der Waals surface area contributed by atoms with Crippen molar-refractivity contribution >= 4 is 17.3 Å². The second-order valence-electron chi connectivity index (χ2n) is 6.39. The molecule has 0 N–H and O–H groups in total. The van der Waals surface area contributed by atoms with Crippen molar-refractivity contribution in [2.45, 2.75) is 25.4 Å². The number of hydrogen-bond acceptors (Lipinski definition) is 5. The molecule has 0 spiro atoms. The number of rotatable bonds is 5. The van der Waals surface area contributed by atoms with Crippen LogP contribution in [0.25, 0.3) is 0 Å². The van der Waals surface area contributed by atoms with E-state index in [4.69, 9.17) is 5.26 Å². The summed E-state index contributed by atoms with van der Waals surface area (Å²) in [6.45, 7) is 0.989. The third kappa shape index (κ3) is 4.87. The molecule has 1 saturated heterocycles. The van der Waals surface area contributed by atoms with Gasteiger partial charge in [0.1, 0.15) is 5.69 Å². The van der Waals surface area contributed by atoms with Gasteiger partial charge in [-0.05, 0) is 25.0 Å². The molecule has 1 aliphatic heterocycles. The topological polar surface area (TPSA) is 90.5 Å². The Morgan fingerprint density at radius 1 is 1.41 bits per heavy atom. The van der Waals surface area contributed by atoms with Crippen molar-refractivity contribution in [3.63, 3.8) is 0 Å². The summed E-state index contributed by atoms with van der Waals surface area (Å²) in [6.07, 6.45) is -3.54. The number of hydrogen-bond donors (Lipinski definition) is 0. The molecule has 0 aliphatic carbocycles. The first-order valence-corrected chi connectivity index (χ1v) is 8.37. The number of nitrogens with zero attached hydrogens (tertiary/aromatic N) is 4. The Kier molecular flexibility index (Phi) is 6.25. The molecule has 0 aromatic heterocycles. The van der Waals surface area contributed by atoms with Gasteiger partial charge in [0.25, 0.3) is 5.69 Å². The minimum Gasteiger partial charge on any atom is -0.366 e. The first kappa shape index (κ1) is 20.5. The molecule has 2 rings (SSSR count). The van der Waals surface area contributed by atoms with E-state index in [1.165, 1.54) is 4.90 Å². The Morgan fingerprint density at radius 2 is 2.04 bits per heavy atom. The van der Waals surface area contributed by atoms with E-state index >= 15 is 0 Å². The zero-order valence-corrected chi connectivity index (χ0v) is 14.7. The van der Waals surface area contributed by atoms with Gasteiger partial charge in [-0.2, -0.15) is 18.4 Å². The largest absolute Gasteiger partial charge is 0.416 e. The average molecular weight is 384 g/mol. The monoisotopic (exact) mass is 384 g/mol. The van der Waals surface area contributed by atoms with Crippen LogP contribution < -0.4 is 4.90 Å². The minimum atomic E-state index is -4.66. The molecule has 146 valence electrons. The molecule has 10 heteroatoms. The Bertz CT molecular complexity index is 753. The maximum Gasteiger partial charge on any atom is 0.416 e. The summed E-state index contributed by atoms with van der Waals surface area (Å²) in [5.41, 5.74) is -1.54. The summed E-state index contributed by atoms with van der Waals surface area (Å²) in [5, 5.41) is 19.8. The van der Waals surface area contributed by atoms with Gasteiger partial charge in [0.15, 0.2) is 0 Å². The minimum absolute atomic E-state index is 0.0909. The van der Waals surface area contributed by atoms with Crippen LogP contribution in [0.4, 0.5) is 24.5 Å². The number of alkyl halides is 3. The molecular formula is C17H19F3N4O3. The van der Waals surface area contributed by atoms with Gasteiger partial charge in [0, 0.05) is 38.7 Å². The molecular weight excluding hydrogens is 365 g/mol. The van der Waals surface area contributed by atoms with Crippen molar-refractivity contribution in [2.75, 3.05) is 31.6 Å². The molecule has 1 heterocycles. The molecule has 1 aromatic rings. The number of anilines is 1. The van der Waals surface area contributed by atoms with Gasteiger partial charge in [0.2, 0.25) is 5.91 Å². The molecule has 1 fully saturated rings. The summed E-state index contributed by atoms with van der Waals surface area (Å²) in [7, 11) is 1.62. The maximum atomic E-state index is 12.8. The average Bonchev–Trinajstić information content (AvgIpc) is 2.64. The Balaban J connectivity index is 2.11. The molecule has 0 bridgehead atoms. The van der Waals surface area contributed by atoms with Crippen LogP contribution in [0.5, 0.6) is 0 Å². The Labute approximate surface area is 154 Å². The fraction of sp³-hybridized carbons (Fsp3) is 0.529. The third-order valence-electron chi connectivity index (χ3n) is 4.62. The van der Waals surface area contributed by atoms with E-state index in [2.05, 4.69) is 0 Å². The van der Waals surface area contributed by atoms with E-state index in [1.54, 1.807) is 11.9 Å². The van der Waals surface area contributed by atoms with Crippen LogP contribution >= 0.6 is 0 Å². The third-order valence-corrected chi connectivity index (χ3v) is 4.62. The summed E-state index contributed by atoms with van der Waals surface area (Å²) >= 11 is 0. The molecule has 1 amide bonds. The lowest BCUT2D eigenvalue weighted by atomic mass is 9.94. The molecule has 1 aliphatic rings. The van der Waals surface area contributed by atoms with Crippen LogP contribution in [-0.2, 0) is 11.0 Å². The lowest BCUT2D eigenvalue weighted by Crippen LogP contribution is -2.41. The van der Waals surface area contributed by atoms with Crippen LogP contribution in [0.15, 0.2) is 18.2 Å². The number of nitriles is 1. The Hall–Kier alpha value is -2.83. The molecule has 0 atom stereocenters. The van der Waals surface area contributed by atoms with Crippen LogP contribution in [-0.4, -0.2) is 42.4 Å². The standard InChI is InChI=1S/C17H19F3N4O3/c1-22(8-2-7-21)16(25)12-5-9-23(10-6-12)14-4-3-13(17(18,19)20)11-15(14)24(26)27/h3-4,11-12H,2,5-6,8-10H2,1H3. The van der Waals surface area contributed by atoms with Gasteiger partial charge in [-0.3, -0.25) is 14.9 Å².